The lowest BCUT2D eigenvalue weighted by atomic mass is 10.1. The second-order valence-electron chi connectivity index (χ2n) is 8.19. The summed E-state index contributed by atoms with van der Waals surface area (Å²) in [5, 5.41) is 3.68. The lowest BCUT2D eigenvalue weighted by molar-refractivity contribution is -0.127. The van der Waals surface area contributed by atoms with Crippen molar-refractivity contribution in [2.75, 3.05) is 18.0 Å². The summed E-state index contributed by atoms with van der Waals surface area (Å²) in [5.41, 5.74) is 3.29. The summed E-state index contributed by atoms with van der Waals surface area (Å²) in [4.78, 5) is 37.6. The van der Waals surface area contributed by atoms with Crippen molar-refractivity contribution in [1.82, 2.24) is 15.3 Å². The number of carbonyl (C=O) groups is 2. The molecule has 1 unspecified atom stereocenters. The van der Waals surface area contributed by atoms with Crippen LogP contribution in [0.1, 0.15) is 20.9 Å². The van der Waals surface area contributed by atoms with Crippen LogP contribution in [0.4, 0.5) is 5.69 Å². The molecule has 0 aliphatic carbocycles. The third-order valence-corrected chi connectivity index (χ3v) is 6.96. The van der Waals surface area contributed by atoms with Crippen LogP contribution >= 0.6 is 11.3 Å². The van der Waals surface area contributed by atoms with Gasteiger partial charge in [0.05, 0.1) is 17.9 Å². The zero-order valence-corrected chi connectivity index (χ0v) is 20.0. The number of carbonyl (C=O) groups excluding carboxylic acids is 2. The number of ether oxygens (including phenoxy) is 1. The van der Waals surface area contributed by atoms with E-state index >= 15 is 0 Å². The number of aromatic nitrogens is 2. The summed E-state index contributed by atoms with van der Waals surface area (Å²) in [6.07, 6.45) is 3.34. The number of fused-ring (bicyclic) bond motifs is 1. The molecule has 0 bridgehead atoms. The first-order valence-corrected chi connectivity index (χ1v) is 12.2. The third kappa shape index (κ3) is 4.93. The molecule has 176 valence electrons. The van der Waals surface area contributed by atoms with Gasteiger partial charge in [-0.25, -0.2) is 4.98 Å². The lowest BCUT2D eigenvalue weighted by Gasteiger charge is -2.34. The van der Waals surface area contributed by atoms with Crippen molar-refractivity contribution >= 4 is 28.8 Å². The van der Waals surface area contributed by atoms with E-state index < -0.39 is 6.10 Å². The summed E-state index contributed by atoms with van der Waals surface area (Å²) in [5.74, 6) is 0.0586. The largest absolute Gasteiger partial charge is 0.477 e. The molecule has 0 saturated carbocycles. The van der Waals surface area contributed by atoms with Gasteiger partial charge in [0.25, 0.3) is 11.8 Å². The van der Waals surface area contributed by atoms with Crippen molar-refractivity contribution < 1.29 is 14.3 Å². The summed E-state index contributed by atoms with van der Waals surface area (Å²) in [6.45, 7) is 2.43. The number of hydrogen-bond donors (Lipinski definition) is 1. The maximum Gasteiger partial charge on any atom is 0.270 e. The Kier molecular flexibility index (Phi) is 6.54. The average molecular weight is 485 g/mol. The Morgan fingerprint density at radius 3 is 2.69 bits per heavy atom. The monoisotopic (exact) mass is 484 g/mol. The van der Waals surface area contributed by atoms with Crippen LogP contribution < -0.4 is 15.0 Å². The molecule has 0 radical (unpaired) electrons. The van der Waals surface area contributed by atoms with Gasteiger partial charge in [-0.2, -0.15) is 0 Å². The minimum absolute atomic E-state index is 0.118. The number of thiazole rings is 1. The second-order valence-corrected chi connectivity index (χ2v) is 9.19. The van der Waals surface area contributed by atoms with Gasteiger partial charge in [-0.05, 0) is 43.2 Å². The fourth-order valence-electron chi connectivity index (χ4n) is 3.98. The molecule has 4 aromatic rings. The molecule has 0 spiro atoms. The lowest BCUT2D eigenvalue weighted by Crippen LogP contribution is -2.51. The van der Waals surface area contributed by atoms with Crippen molar-refractivity contribution in [1.29, 1.82) is 0 Å². The van der Waals surface area contributed by atoms with E-state index in [1.54, 1.807) is 23.4 Å². The number of hydrogen-bond acceptors (Lipinski definition) is 6. The van der Waals surface area contributed by atoms with Crippen molar-refractivity contribution in [3.05, 3.63) is 95.3 Å². The summed E-state index contributed by atoms with van der Waals surface area (Å²) in [6, 6.07) is 21.0. The smallest absolute Gasteiger partial charge is 0.270 e. The summed E-state index contributed by atoms with van der Waals surface area (Å²) >= 11 is 1.33. The van der Waals surface area contributed by atoms with Gasteiger partial charge in [-0.15, -0.1) is 11.3 Å². The van der Waals surface area contributed by atoms with E-state index in [9.17, 15) is 9.59 Å². The maximum absolute atomic E-state index is 13.7. The van der Waals surface area contributed by atoms with Crippen LogP contribution in [-0.4, -0.2) is 41.0 Å². The highest BCUT2D eigenvalue weighted by molar-refractivity contribution is 7.17. The molecule has 2 aromatic carbocycles. The Labute approximate surface area is 207 Å². The number of aryl methyl sites for hydroxylation is 1. The molecule has 7 nitrogen and oxygen atoms in total. The highest BCUT2D eigenvalue weighted by Gasteiger charge is 2.35. The highest BCUT2D eigenvalue weighted by Crippen LogP contribution is 2.36. The molecule has 8 heteroatoms. The molecule has 35 heavy (non-hydrogen) atoms. The van der Waals surface area contributed by atoms with Gasteiger partial charge >= 0.3 is 0 Å². The van der Waals surface area contributed by atoms with Gasteiger partial charge in [0.2, 0.25) is 0 Å². The Hall–Kier alpha value is -4.04. The minimum atomic E-state index is -0.810. The van der Waals surface area contributed by atoms with Gasteiger partial charge < -0.3 is 10.1 Å². The van der Waals surface area contributed by atoms with Crippen molar-refractivity contribution in [3.8, 4) is 16.3 Å². The van der Waals surface area contributed by atoms with E-state index in [1.807, 2.05) is 67.6 Å². The molecular weight excluding hydrogens is 460 g/mol. The van der Waals surface area contributed by atoms with E-state index in [2.05, 4.69) is 15.3 Å². The number of anilines is 1. The number of nitrogens with zero attached hydrogens (tertiary/aromatic N) is 3. The van der Waals surface area contributed by atoms with Crippen LogP contribution in [0.5, 0.6) is 5.75 Å². The van der Waals surface area contributed by atoms with E-state index in [0.29, 0.717) is 28.6 Å². The van der Waals surface area contributed by atoms with Gasteiger partial charge in [-0.1, -0.05) is 42.5 Å². The highest BCUT2D eigenvalue weighted by atomic mass is 32.1. The van der Waals surface area contributed by atoms with Crippen LogP contribution in [0.3, 0.4) is 0 Å². The SMILES string of the molecule is Cc1nc(-c2cccnc2)sc1C(=O)N1CC(C(=O)NCCc2ccccc2)Oc2ccccc21. The quantitative estimate of drug-likeness (QED) is 0.442. The van der Waals surface area contributed by atoms with Crippen LogP contribution in [-0.2, 0) is 11.2 Å². The van der Waals surface area contributed by atoms with Gasteiger partial charge in [0, 0.05) is 24.5 Å². The maximum atomic E-state index is 13.7. The summed E-state index contributed by atoms with van der Waals surface area (Å²) < 4.78 is 5.99. The molecule has 0 fully saturated rings. The van der Waals surface area contributed by atoms with Crippen LogP contribution in [0.2, 0.25) is 0 Å². The first-order chi connectivity index (χ1) is 17.1. The first-order valence-electron chi connectivity index (χ1n) is 11.4. The van der Waals surface area contributed by atoms with Crippen molar-refractivity contribution in [3.63, 3.8) is 0 Å². The molecule has 2 amide bonds. The Morgan fingerprint density at radius 2 is 1.89 bits per heavy atom. The zero-order chi connectivity index (χ0) is 24.2. The first kappa shape index (κ1) is 22.7. The van der Waals surface area contributed by atoms with Crippen LogP contribution in [0, 0.1) is 6.92 Å². The third-order valence-electron chi connectivity index (χ3n) is 5.77. The van der Waals surface area contributed by atoms with E-state index in [4.69, 9.17) is 4.74 Å². The number of amides is 2. The molecule has 1 aliphatic rings. The van der Waals surface area contributed by atoms with Crippen molar-refractivity contribution in [2.24, 2.45) is 0 Å². The predicted molar refractivity (Wildman–Crippen MR) is 136 cm³/mol. The molecule has 0 saturated heterocycles. The topological polar surface area (TPSA) is 84.4 Å². The number of rotatable bonds is 6. The number of nitrogens with one attached hydrogen (secondary N) is 1. The normalized spacial score (nSPS) is 14.7. The van der Waals surface area contributed by atoms with Gasteiger partial charge in [0.15, 0.2) is 6.10 Å². The van der Waals surface area contributed by atoms with Crippen molar-refractivity contribution in [2.45, 2.75) is 19.4 Å². The van der Waals surface area contributed by atoms with E-state index in [0.717, 1.165) is 22.6 Å². The van der Waals surface area contributed by atoms with Crippen LogP contribution in [0.15, 0.2) is 79.1 Å². The zero-order valence-electron chi connectivity index (χ0n) is 19.2. The molecule has 1 atom stereocenters. The molecular formula is C27H24N4O3S. The van der Waals surface area contributed by atoms with Gasteiger partial charge in [0.1, 0.15) is 15.6 Å². The molecule has 2 aromatic heterocycles. The molecule has 1 N–H and O–H groups in total. The Morgan fingerprint density at radius 1 is 1.09 bits per heavy atom. The number of benzene rings is 2. The van der Waals surface area contributed by atoms with E-state index in [1.165, 1.54) is 11.3 Å². The average Bonchev–Trinajstić information content (AvgIpc) is 3.30. The minimum Gasteiger partial charge on any atom is -0.477 e. The fraction of sp³-hybridized carbons (Fsp3) is 0.185. The Balaban J connectivity index is 1.35. The molecule has 3 heterocycles. The standard InChI is InChI=1S/C27H24N4O3S/c1-18-24(35-26(30-18)20-10-7-14-28-16-20)27(33)31-17-23(34-22-12-6-5-11-21(22)31)25(32)29-15-13-19-8-3-2-4-9-19/h2-12,14,16,23H,13,15,17H2,1H3,(H,29,32). The van der Waals surface area contributed by atoms with Crippen LogP contribution in [0.25, 0.3) is 10.6 Å². The number of para-hydroxylation sites is 2. The predicted octanol–water partition coefficient (Wildman–Crippen LogP) is 4.28. The van der Waals surface area contributed by atoms with Gasteiger partial charge in [-0.3, -0.25) is 19.5 Å². The Bertz CT molecular complexity index is 1340. The summed E-state index contributed by atoms with van der Waals surface area (Å²) in [7, 11) is 0. The molecule has 1 aliphatic heterocycles. The fourth-order valence-corrected chi connectivity index (χ4v) is 4.99. The van der Waals surface area contributed by atoms with E-state index in [-0.39, 0.29) is 18.4 Å². The second kappa shape index (κ2) is 10.1. The number of pyridine rings is 1. The molecule has 5 rings (SSSR count).